The largest absolute Gasteiger partial charge is 0.452 e. The van der Waals surface area contributed by atoms with Crippen molar-refractivity contribution >= 4 is 22.1 Å². The second-order valence-electron chi connectivity index (χ2n) is 8.34. The van der Waals surface area contributed by atoms with E-state index in [1.807, 2.05) is 25.1 Å². The quantitative estimate of drug-likeness (QED) is 0.328. The first-order valence-electron chi connectivity index (χ1n) is 9.95. The first-order chi connectivity index (χ1) is 14.0. The van der Waals surface area contributed by atoms with E-state index in [-0.39, 0.29) is 5.41 Å². The van der Waals surface area contributed by atoms with Crippen LogP contribution in [-0.4, -0.2) is 9.97 Å². The zero-order valence-electron chi connectivity index (χ0n) is 16.7. The van der Waals surface area contributed by atoms with E-state index in [1.54, 1.807) is 0 Å². The summed E-state index contributed by atoms with van der Waals surface area (Å²) in [5.74, 6) is 0.742. The fourth-order valence-corrected chi connectivity index (χ4v) is 4.72. The minimum Gasteiger partial charge on any atom is -0.452 e. The summed E-state index contributed by atoms with van der Waals surface area (Å²) in [5, 5.41) is 1.03. The third-order valence-corrected chi connectivity index (χ3v) is 6.23. The van der Waals surface area contributed by atoms with Gasteiger partial charge in [0.05, 0.1) is 5.69 Å². The van der Waals surface area contributed by atoms with Gasteiger partial charge in [0.2, 0.25) is 0 Å². The fourth-order valence-electron chi connectivity index (χ4n) is 4.72. The van der Waals surface area contributed by atoms with E-state index < -0.39 is 0 Å². The van der Waals surface area contributed by atoms with Crippen molar-refractivity contribution in [1.29, 1.82) is 0 Å². The Hall–Kier alpha value is -3.46. The van der Waals surface area contributed by atoms with Gasteiger partial charge in [0, 0.05) is 16.4 Å². The van der Waals surface area contributed by atoms with E-state index in [0.717, 1.165) is 39.2 Å². The van der Waals surface area contributed by atoms with Crippen LogP contribution in [0.25, 0.3) is 44.6 Å². The van der Waals surface area contributed by atoms with Gasteiger partial charge >= 0.3 is 0 Å². The van der Waals surface area contributed by atoms with Gasteiger partial charge in [-0.2, -0.15) is 0 Å². The van der Waals surface area contributed by atoms with Crippen molar-refractivity contribution in [2.75, 3.05) is 0 Å². The molecule has 0 saturated heterocycles. The number of hydrogen-bond acceptors (Lipinski definition) is 3. The Bertz CT molecular complexity index is 1440. The monoisotopic (exact) mass is 376 g/mol. The van der Waals surface area contributed by atoms with E-state index in [1.165, 1.54) is 22.3 Å². The summed E-state index contributed by atoms with van der Waals surface area (Å²) in [7, 11) is 0. The number of nitrogens with zero attached hydrogens (tertiary/aromatic N) is 2. The molecule has 0 spiro atoms. The summed E-state index contributed by atoms with van der Waals surface area (Å²) < 4.78 is 6.00. The molecule has 5 aromatic rings. The first kappa shape index (κ1) is 16.5. The van der Waals surface area contributed by atoms with Crippen LogP contribution in [0.2, 0.25) is 0 Å². The van der Waals surface area contributed by atoms with E-state index in [9.17, 15) is 0 Å². The van der Waals surface area contributed by atoms with E-state index in [2.05, 4.69) is 62.4 Å². The van der Waals surface area contributed by atoms with Crippen molar-refractivity contribution in [2.45, 2.75) is 26.2 Å². The molecule has 140 valence electrons. The van der Waals surface area contributed by atoms with Crippen LogP contribution < -0.4 is 0 Å². The SMILES string of the molecule is Cc1nc(-c2ccc3c(c2)-c2ccccc2C3(C)C)nc2c1oc1ccccc12. The van der Waals surface area contributed by atoms with Crippen molar-refractivity contribution in [3.63, 3.8) is 0 Å². The second kappa shape index (κ2) is 5.54. The Kier molecular flexibility index (Phi) is 3.15. The molecule has 0 amide bonds. The zero-order chi connectivity index (χ0) is 19.8. The lowest BCUT2D eigenvalue weighted by molar-refractivity contribution is 0.660. The van der Waals surface area contributed by atoms with Crippen LogP contribution in [0.15, 0.2) is 71.1 Å². The van der Waals surface area contributed by atoms with Crippen molar-refractivity contribution in [1.82, 2.24) is 9.97 Å². The lowest BCUT2D eigenvalue weighted by Crippen LogP contribution is -2.14. The third-order valence-electron chi connectivity index (χ3n) is 6.23. The number of fused-ring (bicyclic) bond motifs is 6. The Balaban J connectivity index is 1.60. The van der Waals surface area contributed by atoms with Crippen LogP contribution in [0.5, 0.6) is 0 Å². The summed E-state index contributed by atoms with van der Waals surface area (Å²) in [6, 6.07) is 23.3. The molecule has 29 heavy (non-hydrogen) atoms. The van der Waals surface area contributed by atoms with Crippen LogP contribution in [0.1, 0.15) is 30.7 Å². The lowest BCUT2D eigenvalue weighted by atomic mass is 9.82. The standard InChI is InChI=1S/C26H20N2O/c1-15-24-23(18-9-5-7-11-22(18)29-24)28-25(27-15)16-12-13-21-19(14-16)17-8-4-6-10-20(17)26(21,2)3/h4-14H,1-3H3. The van der Waals surface area contributed by atoms with Crippen molar-refractivity contribution in [2.24, 2.45) is 0 Å². The predicted octanol–water partition coefficient (Wildman–Crippen LogP) is 6.66. The molecule has 0 aliphatic heterocycles. The highest BCUT2D eigenvalue weighted by molar-refractivity contribution is 6.03. The maximum Gasteiger partial charge on any atom is 0.175 e. The molecule has 1 aliphatic rings. The number of para-hydroxylation sites is 1. The molecule has 0 N–H and O–H groups in total. The van der Waals surface area contributed by atoms with Gasteiger partial charge in [-0.05, 0) is 47.4 Å². The van der Waals surface area contributed by atoms with Crippen LogP contribution in [0, 0.1) is 6.92 Å². The average molecular weight is 376 g/mol. The number of aryl methyl sites for hydroxylation is 1. The molecular formula is C26H20N2O. The summed E-state index contributed by atoms with van der Waals surface area (Å²) in [5.41, 5.74) is 9.71. The van der Waals surface area contributed by atoms with E-state index in [0.29, 0.717) is 0 Å². The van der Waals surface area contributed by atoms with Gasteiger partial charge in [-0.3, -0.25) is 0 Å². The maximum atomic E-state index is 6.00. The number of benzene rings is 3. The smallest absolute Gasteiger partial charge is 0.175 e. The Morgan fingerprint density at radius 3 is 2.45 bits per heavy atom. The number of furan rings is 1. The lowest BCUT2D eigenvalue weighted by Gasteiger charge is -2.21. The number of rotatable bonds is 1. The van der Waals surface area contributed by atoms with Gasteiger partial charge in [-0.15, -0.1) is 0 Å². The minimum atomic E-state index is 0.00590. The summed E-state index contributed by atoms with van der Waals surface area (Å²) in [6.45, 7) is 6.57. The Morgan fingerprint density at radius 2 is 1.55 bits per heavy atom. The molecule has 0 fully saturated rings. The van der Waals surface area contributed by atoms with Gasteiger partial charge < -0.3 is 4.42 Å². The molecule has 3 aromatic carbocycles. The van der Waals surface area contributed by atoms with Crippen molar-refractivity contribution < 1.29 is 4.42 Å². The van der Waals surface area contributed by atoms with Crippen LogP contribution in [0.3, 0.4) is 0 Å². The Morgan fingerprint density at radius 1 is 0.793 bits per heavy atom. The number of aromatic nitrogens is 2. The van der Waals surface area contributed by atoms with Crippen molar-refractivity contribution in [3.05, 3.63) is 83.6 Å². The predicted molar refractivity (Wildman–Crippen MR) is 117 cm³/mol. The summed E-state index contributed by atoms with van der Waals surface area (Å²) >= 11 is 0. The molecular weight excluding hydrogens is 356 g/mol. The topological polar surface area (TPSA) is 38.9 Å². The molecule has 2 aromatic heterocycles. The van der Waals surface area contributed by atoms with Crippen LogP contribution >= 0.6 is 0 Å². The van der Waals surface area contributed by atoms with E-state index >= 15 is 0 Å². The van der Waals surface area contributed by atoms with Gasteiger partial charge in [-0.25, -0.2) is 9.97 Å². The molecule has 0 saturated carbocycles. The van der Waals surface area contributed by atoms with Gasteiger partial charge in [-0.1, -0.05) is 62.4 Å². The highest BCUT2D eigenvalue weighted by Crippen LogP contribution is 2.49. The van der Waals surface area contributed by atoms with E-state index in [4.69, 9.17) is 14.4 Å². The van der Waals surface area contributed by atoms with Crippen molar-refractivity contribution in [3.8, 4) is 22.5 Å². The molecule has 2 heterocycles. The normalized spacial score (nSPS) is 14.3. The first-order valence-corrected chi connectivity index (χ1v) is 9.95. The molecule has 0 unspecified atom stereocenters. The minimum absolute atomic E-state index is 0.00590. The highest BCUT2D eigenvalue weighted by Gasteiger charge is 2.35. The van der Waals surface area contributed by atoms with Gasteiger partial charge in [0.1, 0.15) is 11.1 Å². The van der Waals surface area contributed by atoms with Crippen LogP contribution in [0.4, 0.5) is 0 Å². The maximum absolute atomic E-state index is 6.00. The molecule has 0 radical (unpaired) electrons. The summed E-state index contributed by atoms with van der Waals surface area (Å²) in [6.07, 6.45) is 0. The van der Waals surface area contributed by atoms with Crippen LogP contribution in [-0.2, 0) is 5.41 Å². The highest BCUT2D eigenvalue weighted by atomic mass is 16.3. The zero-order valence-corrected chi connectivity index (χ0v) is 16.7. The third kappa shape index (κ3) is 2.18. The molecule has 0 bridgehead atoms. The number of hydrogen-bond donors (Lipinski definition) is 0. The van der Waals surface area contributed by atoms with Gasteiger partial charge in [0.15, 0.2) is 11.4 Å². The second-order valence-corrected chi connectivity index (χ2v) is 8.34. The molecule has 6 rings (SSSR count). The molecule has 1 aliphatic carbocycles. The average Bonchev–Trinajstić information content (AvgIpc) is 3.22. The fraction of sp³-hybridized carbons (Fsp3) is 0.154. The summed E-state index contributed by atoms with van der Waals surface area (Å²) in [4.78, 5) is 9.69. The Labute approximate surface area is 169 Å². The molecule has 0 atom stereocenters. The molecule has 3 heteroatoms. The van der Waals surface area contributed by atoms with Gasteiger partial charge in [0.25, 0.3) is 0 Å². The molecule has 3 nitrogen and oxygen atoms in total.